The summed E-state index contributed by atoms with van der Waals surface area (Å²) in [5.41, 5.74) is 2.14. The normalized spacial score (nSPS) is 16.5. The fourth-order valence-corrected chi connectivity index (χ4v) is 4.93. The zero-order valence-corrected chi connectivity index (χ0v) is 16.1. The molecule has 2 aromatic rings. The molecule has 2 aromatic carbocycles. The first-order chi connectivity index (χ1) is 12.5. The van der Waals surface area contributed by atoms with Gasteiger partial charge in [0.25, 0.3) is 0 Å². The molecule has 140 valence electrons. The lowest BCUT2D eigenvalue weighted by molar-refractivity contribution is 0.410. The summed E-state index contributed by atoms with van der Waals surface area (Å²) < 4.78 is 33.1. The van der Waals surface area contributed by atoms with E-state index in [1.165, 1.54) is 5.56 Å². The van der Waals surface area contributed by atoms with E-state index in [2.05, 4.69) is 16.9 Å². The Balaban J connectivity index is 1.66. The number of hydrogen-bond acceptors (Lipinski definition) is 3. The zero-order valence-electron chi connectivity index (χ0n) is 15.3. The van der Waals surface area contributed by atoms with Gasteiger partial charge in [-0.25, -0.2) is 13.1 Å². The summed E-state index contributed by atoms with van der Waals surface area (Å²) in [6.45, 7) is 0.469. The molecule has 0 aliphatic heterocycles. The molecular weight excluding hydrogens is 346 g/mol. The third-order valence-corrected chi connectivity index (χ3v) is 6.72. The topological polar surface area (TPSA) is 55.4 Å². The largest absolute Gasteiger partial charge is 0.497 e. The molecule has 3 rings (SSSR count). The van der Waals surface area contributed by atoms with Crippen LogP contribution in [0.25, 0.3) is 0 Å². The van der Waals surface area contributed by atoms with Crippen LogP contribution in [0.1, 0.15) is 36.8 Å². The number of nitrogens with one attached hydrogen (secondary N) is 1. The van der Waals surface area contributed by atoms with Crippen molar-refractivity contribution in [1.82, 2.24) is 4.72 Å². The van der Waals surface area contributed by atoms with E-state index < -0.39 is 10.0 Å². The molecule has 0 radical (unpaired) electrons. The van der Waals surface area contributed by atoms with Gasteiger partial charge in [0.2, 0.25) is 10.0 Å². The fourth-order valence-electron chi connectivity index (χ4n) is 3.78. The van der Waals surface area contributed by atoms with Gasteiger partial charge in [-0.15, -0.1) is 0 Å². The van der Waals surface area contributed by atoms with Crippen molar-refractivity contribution >= 4 is 10.0 Å². The van der Waals surface area contributed by atoms with E-state index in [1.54, 1.807) is 7.11 Å². The predicted molar refractivity (Wildman–Crippen MR) is 105 cm³/mol. The molecule has 1 fully saturated rings. The van der Waals surface area contributed by atoms with Crippen LogP contribution in [0.5, 0.6) is 5.75 Å². The van der Waals surface area contributed by atoms with Gasteiger partial charge in [-0.1, -0.05) is 55.3 Å². The molecule has 0 atom stereocenters. The minimum absolute atomic E-state index is 0.105. The average molecular weight is 374 g/mol. The number of sulfonamides is 1. The molecule has 1 aliphatic rings. The molecule has 1 saturated carbocycles. The highest BCUT2D eigenvalue weighted by molar-refractivity contribution is 7.89. The molecular formula is C21H27NO3S. The van der Waals surface area contributed by atoms with Crippen molar-refractivity contribution in [2.24, 2.45) is 0 Å². The maximum atomic E-state index is 12.5. The van der Waals surface area contributed by atoms with E-state index >= 15 is 0 Å². The molecule has 0 spiro atoms. The molecule has 0 heterocycles. The van der Waals surface area contributed by atoms with Crippen molar-refractivity contribution in [3.63, 3.8) is 0 Å². The van der Waals surface area contributed by atoms with Crippen LogP contribution >= 0.6 is 0 Å². The summed E-state index contributed by atoms with van der Waals surface area (Å²) in [4.78, 5) is 0. The van der Waals surface area contributed by atoms with E-state index in [-0.39, 0.29) is 11.2 Å². The molecule has 0 aromatic heterocycles. The van der Waals surface area contributed by atoms with Crippen LogP contribution in [0.3, 0.4) is 0 Å². The highest BCUT2D eigenvalue weighted by Gasteiger charge is 2.36. The van der Waals surface area contributed by atoms with Crippen molar-refractivity contribution in [2.45, 2.75) is 37.5 Å². The number of hydrogen-bond donors (Lipinski definition) is 1. The molecule has 1 N–H and O–H groups in total. The summed E-state index contributed by atoms with van der Waals surface area (Å²) in [5.74, 6) is 0.945. The Bertz CT molecular complexity index is 795. The van der Waals surface area contributed by atoms with Crippen LogP contribution in [0.2, 0.25) is 0 Å². The summed E-state index contributed by atoms with van der Waals surface area (Å²) >= 11 is 0. The quantitative estimate of drug-likeness (QED) is 0.768. The Morgan fingerprint density at radius 1 is 1.00 bits per heavy atom. The minimum Gasteiger partial charge on any atom is -0.497 e. The fraction of sp³-hybridized carbons (Fsp3) is 0.429. The maximum Gasteiger partial charge on any atom is 0.211 e. The summed E-state index contributed by atoms with van der Waals surface area (Å²) in [7, 11) is -1.65. The lowest BCUT2D eigenvalue weighted by Crippen LogP contribution is -2.40. The smallest absolute Gasteiger partial charge is 0.211 e. The SMILES string of the molecule is COc1ccc(C2(CNS(=O)(=O)CCc3ccccc3)CCCC2)cc1. The number of methoxy groups -OCH3 is 1. The van der Waals surface area contributed by atoms with Gasteiger partial charge < -0.3 is 4.74 Å². The first kappa shape index (κ1) is 18.9. The van der Waals surface area contributed by atoms with Gasteiger partial charge in [-0.05, 0) is 42.5 Å². The van der Waals surface area contributed by atoms with Gasteiger partial charge in [-0.3, -0.25) is 0 Å². The number of benzene rings is 2. The van der Waals surface area contributed by atoms with Crippen molar-refractivity contribution in [3.8, 4) is 5.75 Å². The average Bonchev–Trinajstić information content (AvgIpc) is 3.16. The highest BCUT2D eigenvalue weighted by atomic mass is 32.2. The standard InChI is InChI=1S/C21H27NO3S/c1-25-20-11-9-19(10-12-20)21(14-5-6-15-21)17-22-26(23,24)16-13-18-7-3-2-4-8-18/h2-4,7-12,22H,5-6,13-17H2,1H3. The van der Waals surface area contributed by atoms with E-state index in [0.717, 1.165) is 37.0 Å². The van der Waals surface area contributed by atoms with Crippen molar-refractivity contribution < 1.29 is 13.2 Å². The Labute approximate surface area is 156 Å². The molecule has 26 heavy (non-hydrogen) atoms. The Kier molecular flexibility index (Phi) is 5.99. The maximum absolute atomic E-state index is 12.5. The van der Waals surface area contributed by atoms with Crippen LogP contribution < -0.4 is 9.46 Å². The van der Waals surface area contributed by atoms with Crippen LogP contribution in [-0.2, 0) is 21.9 Å². The van der Waals surface area contributed by atoms with E-state index in [0.29, 0.717) is 13.0 Å². The van der Waals surface area contributed by atoms with Gasteiger partial charge in [-0.2, -0.15) is 0 Å². The first-order valence-corrected chi connectivity index (χ1v) is 10.8. The third-order valence-electron chi connectivity index (χ3n) is 5.40. The van der Waals surface area contributed by atoms with Crippen LogP contribution in [0, 0.1) is 0 Å². The predicted octanol–water partition coefficient (Wildman–Crippen LogP) is 3.67. The van der Waals surface area contributed by atoms with Gasteiger partial charge in [0.1, 0.15) is 5.75 Å². The second-order valence-corrected chi connectivity index (χ2v) is 9.02. The summed E-state index contributed by atoms with van der Waals surface area (Å²) in [5, 5.41) is 0. The zero-order chi connectivity index (χ0) is 18.5. The second-order valence-electron chi connectivity index (χ2n) is 7.09. The molecule has 0 bridgehead atoms. The molecule has 0 unspecified atom stereocenters. The molecule has 1 aliphatic carbocycles. The lowest BCUT2D eigenvalue weighted by Gasteiger charge is -2.30. The second kappa shape index (κ2) is 8.23. The molecule has 5 heteroatoms. The van der Waals surface area contributed by atoms with Gasteiger partial charge in [0.05, 0.1) is 12.9 Å². The summed E-state index contributed by atoms with van der Waals surface area (Å²) in [6, 6.07) is 17.8. The first-order valence-electron chi connectivity index (χ1n) is 9.19. The van der Waals surface area contributed by atoms with Gasteiger partial charge >= 0.3 is 0 Å². The Hall–Kier alpha value is -1.85. The van der Waals surface area contributed by atoms with Crippen molar-refractivity contribution in [2.75, 3.05) is 19.4 Å². The van der Waals surface area contributed by atoms with Gasteiger partial charge in [0.15, 0.2) is 0 Å². The molecule has 4 nitrogen and oxygen atoms in total. The van der Waals surface area contributed by atoms with E-state index in [1.807, 2.05) is 42.5 Å². The van der Waals surface area contributed by atoms with Crippen LogP contribution in [0.4, 0.5) is 0 Å². The number of ether oxygens (including phenoxy) is 1. The van der Waals surface area contributed by atoms with Gasteiger partial charge in [0, 0.05) is 12.0 Å². The Morgan fingerprint density at radius 2 is 1.65 bits per heavy atom. The summed E-state index contributed by atoms with van der Waals surface area (Å²) in [6.07, 6.45) is 4.84. The lowest BCUT2D eigenvalue weighted by atomic mass is 9.79. The van der Waals surface area contributed by atoms with Crippen molar-refractivity contribution in [3.05, 3.63) is 65.7 Å². The Morgan fingerprint density at radius 3 is 2.27 bits per heavy atom. The molecule has 0 saturated heterocycles. The van der Waals surface area contributed by atoms with Crippen LogP contribution in [0.15, 0.2) is 54.6 Å². The molecule has 0 amide bonds. The van der Waals surface area contributed by atoms with E-state index in [4.69, 9.17) is 4.74 Å². The third kappa shape index (κ3) is 4.65. The van der Waals surface area contributed by atoms with E-state index in [9.17, 15) is 8.42 Å². The minimum atomic E-state index is -3.30. The van der Waals surface area contributed by atoms with Crippen molar-refractivity contribution in [1.29, 1.82) is 0 Å². The van der Waals surface area contributed by atoms with Crippen LogP contribution in [-0.4, -0.2) is 27.8 Å². The highest BCUT2D eigenvalue weighted by Crippen LogP contribution is 2.41. The number of rotatable bonds is 8. The monoisotopic (exact) mass is 373 g/mol. The number of aryl methyl sites for hydroxylation is 1.